The number of carbonyl (C=O) groups excluding carboxylic acids is 1. The van der Waals surface area contributed by atoms with E-state index in [4.69, 9.17) is 9.72 Å². The molecule has 6 nitrogen and oxygen atoms in total. The Kier molecular flexibility index (Phi) is 4.71. The van der Waals surface area contributed by atoms with E-state index in [-0.39, 0.29) is 11.9 Å². The standard InChI is InChI=1S/C19H20N4O2S/c1-25-15-4-5-16-17(11-15)26-19(22-16)23-10-2-3-14(12-23)21-18(24)13-6-8-20-9-7-13/h4-9,11,14H,2-3,10,12H2,1H3,(H,21,24). The van der Waals surface area contributed by atoms with Crippen LogP contribution in [-0.2, 0) is 0 Å². The van der Waals surface area contributed by atoms with E-state index in [9.17, 15) is 4.79 Å². The summed E-state index contributed by atoms with van der Waals surface area (Å²) in [6.45, 7) is 1.73. The van der Waals surface area contributed by atoms with Gasteiger partial charge in [0.1, 0.15) is 5.75 Å². The van der Waals surface area contributed by atoms with Crippen molar-refractivity contribution in [3.8, 4) is 5.75 Å². The zero-order chi connectivity index (χ0) is 17.9. The second-order valence-electron chi connectivity index (χ2n) is 6.32. The van der Waals surface area contributed by atoms with Crippen molar-refractivity contribution in [2.75, 3.05) is 25.1 Å². The van der Waals surface area contributed by atoms with Gasteiger partial charge >= 0.3 is 0 Å². The first-order valence-corrected chi connectivity index (χ1v) is 9.45. The lowest BCUT2D eigenvalue weighted by Gasteiger charge is -2.32. The first-order valence-electron chi connectivity index (χ1n) is 8.63. The number of piperidine rings is 1. The van der Waals surface area contributed by atoms with Gasteiger partial charge in [-0.1, -0.05) is 11.3 Å². The number of rotatable bonds is 4. The Bertz CT molecular complexity index is 912. The highest BCUT2D eigenvalue weighted by molar-refractivity contribution is 7.22. The largest absolute Gasteiger partial charge is 0.497 e. The van der Waals surface area contributed by atoms with E-state index >= 15 is 0 Å². The smallest absolute Gasteiger partial charge is 0.251 e. The molecule has 0 radical (unpaired) electrons. The molecule has 1 aliphatic heterocycles. The molecule has 3 aromatic rings. The summed E-state index contributed by atoms with van der Waals surface area (Å²) in [5.74, 6) is 0.794. The van der Waals surface area contributed by atoms with Crippen molar-refractivity contribution in [1.29, 1.82) is 0 Å². The van der Waals surface area contributed by atoms with Crippen molar-refractivity contribution in [3.05, 3.63) is 48.3 Å². The molecule has 134 valence electrons. The number of hydrogen-bond acceptors (Lipinski definition) is 6. The van der Waals surface area contributed by atoms with Crippen molar-refractivity contribution in [2.45, 2.75) is 18.9 Å². The first kappa shape index (κ1) is 16.8. The quantitative estimate of drug-likeness (QED) is 0.766. The fourth-order valence-electron chi connectivity index (χ4n) is 3.20. The second kappa shape index (κ2) is 7.29. The topological polar surface area (TPSA) is 67.3 Å². The molecule has 1 N–H and O–H groups in total. The van der Waals surface area contributed by atoms with Gasteiger partial charge in [0.15, 0.2) is 5.13 Å². The highest BCUT2D eigenvalue weighted by Crippen LogP contribution is 2.32. The molecule has 1 aromatic carbocycles. The zero-order valence-corrected chi connectivity index (χ0v) is 15.3. The minimum atomic E-state index is -0.0479. The fraction of sp³-hybridized carbons (Fsp3) is 0.316. The molecular formula is C19H20N4O2S. The Labute approximate surface area is 155 Å². The average Bonchev–Trinajstić information content (AvgIpc) is 3.12. The maximum Gasteiger partial charge on any atom is 0.251 e. The predicted octanol–water partition coefficient (Wildman–Crippen LogP) is 3.10. The van der Waals surface area contributed by atoms with E-state index in [1.165, 1.54) is 0 Å². The number of hydrogen-bond donors (Lipinski definition) is 1. The number of pyridine rings is 1. The van der Waals surface area contributed by atoms with Gasteiger partial charge in [-0.05, 0) is 43.2 Å². The van der Waals surface area contributed by atoms with E-state index in [0.717, 1.165) is 47.0 Å². The fourth-order valence-corrected chi connectivity index (χ4v) is 4.22. The number of thiazole rings is 1. The third-order valence-corrected chi connectivity index (χ3v) is 5.63. The number of carbonyl (C=O) groups is 1. The van der Waals surface area contributed by atoms with E-state index in [2.05, 4.69) is 15.2 Å². The Morgan fingerprint density at radius 3 is 2.96 bits per heavy atom. The molecule has 1 unspecified atom stereocenters. The summed E-state index contributed by atoms with van der Waals surface area (Å²) >= 11 is 1.66. The lowest BCUT2D eigenvalue weighted by atomic mass is 10.1. The summed E-state index contributed by atoms with van der Waals surface area (Å²) in [6.07, 6.45) is 5.28. The summed E-state index contributed by atoms with van der Waals surface area (Å²) in [5, 5.41) is 4.13. The van der Waals surface area contributed by atoms with Crippen LogP contribution in [-0.4, -0.2) is 42.1 Å². The molecular weight excluding hydrogens is 348 g/mol. The molecule has 7 heteroatoms. The molecule has 1 aliphatic rings. The molecule has 0 bridgehead atoms. The number of ether oxygens (including phenoxy) is 1. The van der Waals surface area contributed by atoms with Crippen molar-refractivity contribution in [1.82, 2.24) is 15.3 Å². The third kappa shape index (κ3) is 3.48. The van der Waals surface area contributed by atoms with Gasteiger partial charge in [0.05, 0.1) is 17.3 Å². The summed E-state index contributed by atoms with van der Waals surface area (Å²) < 4.78 is 6.41. The normalized spacial score (nSPS) is 17.3. The highest BCUT2D eigenvalue weighted by Gasteiger charge is 2.24. The lowest BCUT2D eigenvalue weighted by molar-refractivity contribution is 0.0933. The van der Waals surface area contributed by atoms with E-state index in [1.54, 1.807) is 43.0 Å². The average molecular weight is 368 g/mol. The van der Waals surface area contributed by atoms with Crippen LogP contribution >= 0.6 is 11.3 Å². The molecule has 1 fully saturated rings. The zero-order valence-electron chi connectivity index (χ0n) is 14.5. The number of amides is 1. The van der Waals surface area contributed by atoms with E-state index in [1.807, 2.05) is 18.2 Å². The third-order valence-electron chi connectivity index (χ3n) is 4.55. The predicted molar refractivity (Wildman–Crippen MR) is 103 cm³/mol. The van der Waals surface area contributed by atoms with Crippen LogP contribution < -0.4 is 15.0 Å². The van der Waals surface area contributed by atoms with Crippen LogP contribution in [0.3, 0.4) is 0 Å². The van der Waals surface area contributed by atoms with Crippen molar-refractivity contribution < 1.29 is 9.53 Å². The van der Waals surface area contributed by atoms with Crippen LogP contribution in [0.5, 0.6) is 5.75 Å². The molecule has 3 heterocycles. The van der Waals surface area contributed by atoms with Crippen LogP contribution in [0.4, 0.5) is 5.13 Å². The molecule has 1 atom stereocenters. The van der Waals surface area contributed by atoms with Crippen LogP contribution in [0, 0.1) is 0 Å². The van der Waals surface area contributed by atoms with Crippen LogP contribution in [0.1, 0.15) is 23.2 Å². The van der Waals surface area contributed by atoms with Crippen molar-refractivity contribution in [3.63, 3.8) is 0 Å². The number of aromatic nitrogens is 2. The van der Waals surface area contributed by atoms with Crippen LogP contribution in [0.15, 0.2) is 42.7 Å². The van der Waals surface area contributed by atoms with E-state index < -0.39 is 0 Å². The lowest BCUT2D eigenvalue weighted by Crippen LogP contribution is -2.47. The minimum Gasteiger partial charge on any atom is -0.497 e. The Hall–Kier alpha value is -2.67. The highest BCUT2D eigenvalue weighted by atomic mass is 32.1. The van der Waals surface area contributed by atoms with Gasteiger partial charge in [-0.2, -0.15) is 0 Å². The van der Waals surface area contributed by atoms with Gasteiger partial charge in [-0.25, -0.2) is 4.98 Å². The molecule has 4 rings (SSSR count). The number of nitrogens with zero attached hydrogens (tertiary/aromatic N) is 3. The van der Waals surface area contributed by atoms with Crippen LogP contribution in [0.2, 0.25) is 0 Å². The molecule has 0 aliphatic carbocycles. The van der Waals surface area contributed by atoms with Gasteiger partial charge in [0, 0.05) is 37.1 Å². The molecule has 2 aromatic heterocycles. The van der Waals surface area contributed by atoms with Gasteiger partial charge < -0.3 is 15.0 Å². The number of methoxy groups -OCH3 is 1. The van der Waals surface area contributed by atoms with Crippen molar-refractivity contribution >= 4 is 32.6 Å². The molecule has 26 heavy (non-hydrogen) atoms. The maximum atomic E-state index is 12.4. The summed E-state index contributed by atoms with van der Waals surface area (Å²) in [5.41, 5.74) is 1.62. The number of nitrogens with one attached hydrogen (secondary N) is 1. The van der Waals surface area contributed by atoms with Gasteiger partial charge in [-0.3, -0.25) is 9.78 Å². The van der Waals surface area contributed by atoms with Gasteiger partial charge in [0.25, 0.3) is 5.91 Å². The van der Waals surface area contributed by atoms with Gasteiger partial charge in [-0.15, -0.1) is 0 Å². The van der Waals surface area contributed by atoms with Crippen LogP contribution in [0.25, 0.3) is 10.2 Å². The van der Waals surface area contributed by atoms with E-state index in [0.29, 0.717) is 5.56 Å². The summed E-state index contributed by atoms with van der Waals surface area (Å²) in [6, 6.07) is 9.52. The summed E-state index contributed by atoms with van der Waals surface area (Å²) in [7, 11) is 1.67. The molecule has 0 spiro atoms. The number of benzene rings is 1. The van der Waals surface area contributed by atoms with Gasteiger partial charge in [0.2, 0.25) is 0 Å². The number of fused-ring (bicyclic) bond motifs is 1. The first-order chi connectivity index (χ1) is 12.7. The number of anilines is 1. The van der Waals surface area contributed by atoms with Crippen molar-refractivity contribution in [2.24, 2.45) is 0 Å². The molecule has 1 saturated heterocycles. The minimum absolute atomic E-state index is 0.0479. The summed E-state index contributed by atoms with van der Waals surface area (Å²) in [4.78, 5) is 23.4. The Balaban J connectivity index is 1.47. The Morgan fingerprint density at radius 2 is 2.15 bits per heavy atom. The Morgan fingerprint density at radius 1 is 1.31 bits per heavy atom. The maximum absolute atomic E-state index is 12.4. The molecule has 1 amide bonds. The second-order valence-corrected chi connectivity index (χ2v) is 7.33. The molecule has 0 saturated carbocycles. The monoisotopic (exact) mass is 368 g/mol. The SMILES string of the molecule is COc1ccc2nc(N3CCCC(NC(=O)c4ccncc4)C3)sc2c1.